The minimum absolute atomic E-state index is 0.305. The van der Waals surface area contributed by atoms with E-state index in [1.807, 2.05) is 13.2 Å². The molecule has 1 heterocycles. The summed E-state index contributed by atoms with van der Waals surface area (Å²) >= 11 is 2.63. The first kappa shape index (κ1) is 20.5. The van der Waals surface area contributed by atoms with Gasteiger partial charge in [-0.2, -0.15) is 0 Å². The van der Waals surface area contributed by atoms with Gasteiger partial charge in [0.25, 0.3) is 0 Å². The number of thioether (sulfide) groups is 1. The third-order valence-electron chi connectivity index (χ3n) is 3.47. The predicted octanol–water partition coefficient (Wildman–Crippen LogP) is 2.37. The number of anilines is 2. The average Bonchev–Trinajstić information content (AvgIpc) is 3.01. The van der Waals surface area contributed by atoms with Crippen LogP contribution in [0.2, 0.25) is 0 Å². The normalized spacial score (nSPS) is 12.5. The Balaban J connectivity index is 2.38. The molecule has 11 heteroatoms. The molecule has 0 aliphatic carbocycles. The van der Waals surface area contributed by atoms with Crippen LogP contribution in [0.5, 0.6) is 5.75 Å². The first-order valence-corrected chi connectivity index (χ1v) is 11.4. The Bertz CT molecular complexity index is 898. The summed E-state index contributed by atoms with van der Waals surface area (Å²) < 4.78 is 31.9. The predicted molar refractivity (Wildman–Crippen MR) is 105 cm³/mol. The lowest BCUT2D eigenvalue weighted by Gasteiger charge is -2.29. The Labute approximate surface area is 161 Å². The number of nitrogens with zero attached hydrogens (tertiary/aromatic N) is 3. The van der Waals surface area contributed by atoms with E-state index in [2.05, 4.69) is 15.5 Å². The summed E-state index contributed by atoms with van der Waals surface area (Å²) in [7, 11) is -2.30. The smallest absolute Gasteiger partial charge is 0.249 e. The molecule has 0 aliphatic rings. The first-order valence-electron chi connectivity index (χ1n) is 7.49. The molecule has 0 fully saturated rings. The second kappa shape index (κ2) is 8.23. The van der Waals surface area contributed by atoms with E-state index >= 15 is 0 Å². The van der Waals surface area contributed by atoms with Gasteiger partial charge in [-0.05, 0) is 37.8 Å². The van der Waals surface area contributed by atoms with Crippen LogP contribution in [0.1, 0.15) is 12.5 Å². The van der Waals surface area contributed by atoms with Crippen molar-refractivity contribution in [2.24, 2.45) is 0 Å². The zero-order chi connectivity index (χ0) is 19.5. The van der Waals surface area contributed by atoms with Gasteiger partial charge in [-0.25, -0.2) is 8.42 Å². The molecule has 0 saturated carbocycles. The second-order valence-corrected chi connectivity index (χ2v) is 9.37. The largest absolute Gasteiger partial charge is 0.495 e. The molecule has 1 N–H and O–H groups in total. The molecule has 0 radical (unpaired) electrons. The van der Waals surface area contributed by atoms with E-state index in [1.165, 1.54) is 37.1 Å². The number of methoxy groups -OCH3 is 1. The van der Waals surface area contributed by atoms with Gasteiger partial charge < -0.3 is 4.74 Å². The number of amides is 1. The van der Waals surface area contributed by atoms with Crippen LogP contribution >= 0.6 is 23.1 Å². The molecule has 1 amide bonds. The van der Waals surface area contributed by atoms with Crippen molar-refractivity contribution in [1.29, 1.82) is 0 Å². The highest BCUT2D eigenvalue weighted by molar-refractivity contribution is 8.00. The molecule has 142 valence electrons. The molecule has 1 aromatic carbocycles. The zero-order valence-corrected chi connectivity index (χ0v) is 17.5. The highest BCUT2D eigenvalue weighted by Crippen LogP contribution is 2.33. The van der Waals surface area contributed by atoms with E-state index in [4.69, 9.17) is 4.74 Å². The van der Waals surface area contributed by atoms with E-state index in [0.29, 0.717) is 20.9 Å². The Morgan fingerprint density at radius 1 is 1.38 bits per heavy atom. The molecule has 2 aromatic rings. The van der Waals surface area contributed by atoms with E-state index in [0.717, 1.165) is 16.1 Å². The fraction of sp³-hybridized carbons (Fsp3) is 0.400. The SMILES string of the molecule is COc1ccc(C)cc1N([C@@H](C)C(=O)Nc1nnc(SC)s1)S(C)(=O)=O. The maximum atomic E-state index is 12.6. The standard InChI is InChI=1S/C15H20N4O4S3/c1-9-6-7-12(23-3)11(8-9)19(26(5,21)22)10(2)13(20)16-14-17-18-15(24-4)25-14/h6-8,10H,1-5H3,(H,16,17,20)/t10-/m0/s1. The van der Waals surface area contributed by atoms with Crippen molar-refractivity contribution in [1.82, 2.24) is 10.2 Å². The fourth-order valence-corrected chi connectivity index (χ4v) is 4.65. The van der Waals surface area contributed by atoms with Gasteiger partial charge in [0.05, 0.1) is 19.1 Å². The van der Waals surface area contributed by atoms with E-state index in [1.54, 1.807) is 18.2 Å². The van der Waals surface area contributed by atoms with Crippen molar-refractivity contribution in [2.45, 2.75) is 24.2 Å². The highest BCUT2D eigenvalue weighted by atomic mass is 32.2. The van der Waals surface area contributed by atoms with Gasteiger partial charge in [0, 0.05) is 0 Å². The Morgan fingerprint density at radius 3 is 2.62 bits per heavy atom. The number of benzene rings is 1. The van der Waals surface area contributed by atoms with Crippen molar-refractivity contribution in [3.05, 3.63) is 23.8 Å². The second-order valence-electron chi connectivity index (χ2n) is 5.48. The maximum absolute atomic E-state index is 12.6. The number of ether oxygens (including phenoxy) is 1. The Kier molecular flexibility index (Phi) is 6.48. The average molecular weight is 417 g/mol. The molecule has 0 saturated heterocycles. The minimum atomic E-state index is -3.75. The topological polar surface area (TPSA) is 101 Å². The van der Waals surface area contributed by atoms with Gasteiger partial charge >= 0.3 is 0 Å². The number of aromatic nitrogens is 2. The van der Waals surface area contributed by atoms with Crippen molar-refractivity contribution >= 4 is 49.8 Å². The van der Waals surface area contributed by atoms with Crippen molar-refractivity contribution in [3.63, 3.8) is 0 Å². The van der Waals surface area contributed by atoms with Crippen LogP contribution in [0.15, 0.2) is 22.5 Å². The molecule has 0 aliphatic heterocycles. The summed E-state index contributed by atoms with van der Waals surface area (Å²) in [5, 5.41) is 10.7. The molecule has 26 heavy (non-hydrogen) atoms. The summed E-state index contributed by atoms with van der Waals surface area (Å²) in [5.74, 6) is -0.149. The minimum Gasteiger partial charge on any atom is -0.495 e. The quantitative estimate of drug-likeness (QED) is 0.546. The monoisotopic (exact) mass is 416 g/mol. The van der Waals surface area contributed by atoms with Gasteiger partial charge in [-0.3, -0.25) is 14.4 Å². The van der Waals surface area contributed by atoms with E-state index < -0.39 is 22.0 Å². The van der Waals surface area contributed by atoms with Crippen LogP contribution in [0.25, 0.3) is 0 Å². The fourth-order valence-electron chi connectivity index (χ4n) is 2.31. The number of rotatable bonds is 7. The maximum Gasteiger partial charge on any atom is 0.249 e. The van der Waals surface area contributed by atoms with Crippen molar-refractivity contribution in [2.75, 3.05) is 29.2 Å². The lowest BCUT2D eigenvalue weighted by atomic mass is 10.2. The summed E-state index contributed by atoms with van der Waals surface area (Å²) in [6.45, 7) is 3.34. The third-order valence-corrected chi connectivity index (χ3v) is 6.51. The van der Waals surface area contributed by atoms with Crippen LogP contribution in [-0.2, 0) is 14.8 Å². The van der Waals surface area contributed by atoms with Gasteiger partial charge in [0.15, 0.2) is 4.34 Å². The lowest BCUT2D eigenvalue weighted by molar-refractivity contribution is -0.116. The number of carbonyl (C=O) groups is 1. The molecule has 0 unspecified atom stereocenters. The summed E-state index contributed by atoms with van der Waals surface area (Å²) in [6, 6.07) is 4.13. The van der Waals surface area contributed by atoms with Crippen molar-refractivity contribution < 1.29 is 17.9 Å². The molecule has 2 rings (SSSR count). The van der Waals surface area contributed by atoms with Gasteiger partial charge in [-0.1, -0.05) is 29.2 Å². The van der Waals surface area contributed by atoms with Gasteiger partial charge in [-0.15, -0.1) is 10.2 Å². The molecule has 0 spiro atoms. The van der Waals surface area contributed by atoms with E-state index in [9.17, 15) is 13.2 Å². The lowest BCUT2D eigenvalue weighted by Crippen LogP contribution is -2.45. The van der Waals surface area contributed by atoms with Crippen LogP contribution < -0.4 is 14.4 Å². The van der Waals surface area contributed by atoms with Crippen LogP contribution in [0.4, 0.5) is 10.8 Å². The number of aryl methyl sites for hydroxylation is 1. The zero-order valence-electron chi connectivity index (χ0n) is 15.0. The van der Waals surface area contributed by atoms with E-state index in [-0.39, 0.29) is 0 Å². The summed E-state index contributed by atoms with van der Waals surface area (Å²) in [6.07, 6.45) is 2.90. The Morgan fingerprint density at radius 2 is 2.08 bits per heavy atom. The molecular formula is C15H20N4O4S3. The van der Waals surface area contributed by atoms with Gasteiger partial charge in [0.2, 0.25) is 21.1 Å². The number of hydrogen-bond acceptors (Lipinski definition) is 8. The van der Waals surface area contributed by atoms with Crippen LogP contribution in [0.3, 0.4) is 0 Å². The first-order chi connectivity index (χ1) is 12.2. The van der Waals surface area contributed by atoms with Crippen molar-refractivity contribution in [3.8, 4) is 5.75 Å². The molecule has 1 aromatic heterocycles. The molecule has 0 bridgehead atoms. The molecular weight excluding hydrogens is 396 g/mol. The number of carbonyl (C=O) groups excluding carboxylic acids is 1. The van der Waals surface area contributed by atoms with Crippen LogP contribution in [0, 0.1) is 6.92 Å². The molecule has 8 nitrogen and oxygen atoms in total. The van der Waals surface area contributed by atoms with Gasteiger partial charge in [0.1, 0.15) is 11.8 Å². The Hall–Kier alpha value is -1.85. The number of sulfonamides is 1. The molecule has 1 atom stereocenters. The summed E-state index contributed by atoms with van der Waals surface area (Å²) in [4.78, 5) is 12.6. The number of hydrogen-bond donors (Lipinski definition) is 1. The summed E-state index contributed by atoms with van der Waals surface area (Å²) in [5.41, 5.74) is 1.15. The van der Waals surface area contributed by atoms with Crippen LogP contribution in [-0.4, -0.2) is 50.2 Å². The third kappa shape index (κ3) is 4.65. The number of nitrogens with one attached hydrogen (secondary N) is 1. The highest BCUT2D eigenvalue weighted by Gasteiger charge is 2.31.